The van der Waals surface area contributed by atoms with Crippen LogP contribution in [0.15, 0.2) is 35.4 Å². The highest BCUT2D eigenvalue weighted by molar-refractivity contribution is 5.94. The highest BCUT2D eigenvalue weighted by Crippen LogP contribution is 2.29. The molecule has 4 heteroatoms. The van der Waals surface area contributed by atoms with Crippen LogP contribution in [-0.4, -0.2) is 26.3 Å². The lowest BCUT2D eigenvalue weighted by atomic mass is 10.1. The number of carbonyl (C=O) groups is 1. The number of aryl methyl sites for hydroxylation is 1. The molecule has 1 aromatic carbocycles. The fraction of sp³-hybridized carbons (Fsp3) is 0.476. The number of benzene rings is 1. The van der Waals surface area contributed by atoms with E-state index in [1.807, 2.05) is 13.0 Å². The van der Waals surface area contributed by atoms with E-state index in [-0.39, 0.29) is 5.97 Å². The molecule has 0 bridgehead atoms. The first-order valence-corrected chi connectivity index (χ1v) is 8.66. The Kier molecular flexibility index (Phi) is 8.82. The van der Waals surface area contributed by atoms with Crippen molar-refractivity contribution >= 4 is 5.97 Å². The summed E-state index contributed by atoms with van der Waals surface area (Å²) < 4.78 is 16.3. The molecule has 138 valence electrons. The van der Waals surface area contributed by atoms with Crippen LogP contribution in [0.3, 0.4) is 0 Å². The van der Waals surface area contributed by atoms with Gasteiger partial charge in [-0.25, -0.2) is 4.79 Å². The van der Waals surface area contributed by atoms with Gasteiger partial charge in [0.1, 0.15) is 23.7 Å². The minimum atomic E-state index is -0.373. The molecular formula is C21H30O4. The molecule has 0 atom stereocenters. The van der Waals surface area contributed by atoms with E-state index in [1.165, 1.54) is 11.1 Å². The molecule has 4 nitrogen and oxygen atoms in total. The third-order valence-electron chi connectivity index (χ3n) is 3.75. The number of methoxy groups -OCH3 is 1. The molecule has 1 rings (SSSR count). The van der Waals surface area contributed by atoms with Gasteiger partial charge in [-0.3, -0.25) is 0 Å². The van der Waals surface area contributed by atoms with E-state index in [0.29, 0.717) is 30.3 Å². The monoisotopic (exact) mass is 346 g/mol. The van der Waals surface area contributed by atoms with Gasteiger partial charge in [-0.2, -0.15) is 0 Å². The third-order valence-corrected chi connectivity index (χ3v) is 3.75. The van der Waals surface area contributed by atoms with E-state index >= 15 is 0 Å². The molecule has 0 saturated heterocycles. The number of esters is 1. The van der Waals surface area contributed by atoms with E-state index in [1.54, 1.807) is 26.2 Å². The number of ether oxygens (including phenoxy) is 3. The number of hydrogen-bond donors (Lipinski definition) is 0. The van der Waals surface area contributed by atoms with E-state index in [2.05, 4.69) is 26.8 Å². The summed E-state index contributed by atoms with van der Waals surface area (Å²) >= 11 is 0. The van der Waals surface area contributed by atoms with E-state index in [9.17, 15) is 4.79 Å². The Morgan fingerprint density at radius 2 is 1.88 bits per heavy atom. The maximum Gasteiger partial charge on any atom is 0.342 e. The first-order chi connectivity index (χ1) is 11.9. The summed E-state index contributed by atoms with van der Waals surface area (Å²) in [7, 11) is 1.59. The van der Waals surface area contributed by atoms with Gasteiger partial charge in [-0.1, -0.05) is 17.2 Å². The molecule has 0 saturated carbocycles. The van der Waals surface area contributed by atoms with Gasteiger partial charge in [0, 0.05) is 6.07 Å². The molecule has 0 unspecified atom stereocenters. The van der Waals surface area contributed by atoms with Crippen molar-refractivity contribution in [3.63, 3.8) is 0 Å². The van der Waals surface area contributed by atoms with Crippen molar-refractivity contribution in [1.29, 1.82) is 0 Å². The second-order valence-electron chi connectivity index (χ2n) is 6.22. The van der Waals surface area contributed by atoms with Crippen LogP contribution in [0.4, 0.5) is 0 Å². The van der Waals surface area contributed by atoms with Gasteiger partial charge in [-0.05, 0) is 65.2 Å². The van der Waals surface area contributed by atoms with Crippen LogP contribution in [0.25, 0.3) is 0 Å². The summed E-state index contributed by atoms with van der Waals surface area (Å²) in [6, 6.07) is 3.53. The Morgan fingerprint density at radius 1 is 1.16 bits per heavy atom. The summed E-state index contributed by atoms with van der Waals surface area (Å²) in [5.74, 6) is 0.773. The molecule has 0 N–H and O–H groups in total. The molecule has 0 aromatic heterocycles. The average Bonchev–Trinajstić information content (AvgIpc) is 2.54. The molecule has 0 aliphatic heterocycles. The summed E-state index contributed by atoms with van der Waals surface area (Å²) in [4.78, 5) is 12.2. The Bertz CT molecular complexity index is 638. The fourth-order valence-electron chi connectivity index (χ4n) is 2.38. The Labute approximate surface area is 151 Å². The number of rotatable bonds is 9. The van der Waals surface area contributed by atoms with Crippen LogP contribution in [0, 0.1) is 6.92 Å². The largest absolute Gasteiger partial charge is 0.497 e. The third kappa shape index (κ3) is 7.04. The van der Waals surface area contributed by atoms with Gasteiger partial charge >= 0.3 is 5.97 Å². The van der Waals surface area contributed by atoms with Gasteiger partial charge < -0.3 is 14.2 Å². The van der Waals surface area contributed by atoms with Gasteiger partial charge in [0.2, 0.25) is 0 Å². The molecule has 0 radical (unpaired) electrons. The number of hydrogen-bond acceptors (Lipinski definition) is 4. The molecular weight excluding hydrogens is 316 g/mol. The van der Waals surface area contributed by atoms with Crippen molar-refractivity contribution in [2.75, 3.05) is 20.3 Å². The van der Waals surface area contributed by atoms with Crippen LogP contribution >= 0.6 is 0 Å². The standard InChI is InChI=1S/C21H30O4/c1-7-24-21(22)20-17(5)13-18(23-6)14-19(20)25-12-11-16(4)10-8-9-15(2)3/h9,11,13-14H,7-8,10,12H2,1-6H3/b16-11+. The lowest BCUT2D eigenvalue weighted by Gasteiger charge is -2.14. The van der Waals surface area contributed by atoms with E-state index in [4.69, 9.17) is 14.2 Å². The van der Waals surface area contributed by atoms with Crippen molar-refractivity contribution in [1.82, 2.24) is 0 Å². The summed E-state index contributed by atoms with van der Waals surface area (Å²) in [5.41, 5.74) is 3.82. The normalized spacial score (nSPS) is 11.0. The minimum Gasteiger partial charge on any atom is -0.497 e. The van der Waals surface area contributed by atoms with Crippen molar-refractivity contribution in [3.8, 4) is 11.5 Å². The molecule has 0 heterocycles. The zero-order valence-electron chi connectivity index (χ0n) is 16.3. The van der Waals surface area contributed by atoms with Crippen LogP contribution in [0.2, 0.25) is 0 Å². The first kappa shape index (κ1) is 20.8. The van der Waals surface area contributed by atoms with Crippen molar-refractivity contribution in [2.45, 2.75) is 47.5 Å². The first-order valence-electron chi connectivity index (χ1n) is 8.66. The Morgan fingerprint density at radius 3 is 2.48 bits per heavy atom. The molecule has 0 fully saturated rings. The Hall–Kier alpha value is -2.23. The maximum absolute atomic E-state index is 12.2. The quantitative estimate of drug-likeness (QED) is 0.452. The zero-order valence-corrected chi connectivity index (χ0v) is 16.3. The summed E-state index contributed by atoms with van der Waals surface area (Å²) in [6.07, 6.45) is 6.29. The predicted octanol–water partition coefficient (Wildman–Crippen LogP) is 5.25. The predicted molar refractivity (Wildman–Crippen MR) is 102 cm³/mol. The average molecular weight is 346 g/mol. The van der Waals surface area contributed by atoms with Crippen molar-refractivity contribution < 1.29 is 19.0 Å². The fourth-order valence-corrected chi connectivity index (χ4v) is 2.38. The van der Waals surface area contributed by atoms with Crippen LogP contribution < -0.4 is 9.47 Å². The summed E-state index contributed by atoms with van der Waals surface area (Å²) in [5, 5.41) is 0. The number of allylic oxidation sites excluding steroid dienone is 3. The second-order valence-corrected chi connectivity index (χ2v) is 6.22. The second kappa shape index (κ2) is 10.6. The lowest BCUT2D eigenvalue weighted by molar-refractivity contribution is 0.0521. The molecule has 1 aromatic rings. The molecule has 0 aliphatic rings. The summed E-state index contributed by atoms with van der Waals surface area (Å²) in [6.45, 7) is 10.7. The zero-order chi connectivity index (χ0) is 18.8. The highest BCUT2D eigenvalue weighted by atomic mass is 16.5. The SMILES string of the molecule is CCOC(=O)c1c(C)cc(OC)cc1OC/C=C(\C)CCC=C(C)C. The highest BCUT2D eigenvalue weighted by Gasteiger charge is 2.18. The number of carbonyl (C=O) groups excluding carboxylic acids is 1. The Balaban J connectivity index is 2.87. The van der Waals surface area contributed by atoms with Crippen molar-refractivity contribution in [3.05, 3.63) is 46.6 Å². The van der Waals surface area contributed by atoms with Gasteiger partial charge in [-0.15, -0.1) is 0 Å². The van der Waals surface area contributed by atoms with Crippen molar-refractivity contribution in [2.24, 2.45) is 0 Å². The maximum atomic E-state index is 12.2. The van der Waals surface area contributed by atoms with Crippen LogP contribution in [0.5, 0.6) is 11.5 Å². The van der Waals surface area contributed by atoms with Gasteiger partial charge in [0.15, 0.2) is 0 Å². The topological polar surface area (TPSA) is 44.8 Å². The smallest absolute Gasteiger partial charge is 0.342 e. The van der Waals surface area contributed by atoms with Crippen LogP contribution in [-0.2, 0) is 4.74 Å². The van der Waals surface area contributed by atoms with E-state index < -0.39 is 0 Å². The van der Waals surface area contributed by atoms with E-state index in [0.717, 1.165) is 18.4 Å². The molecule has 25 heavy (non-hydrogen) atoms. The minimum absolute atomic E-state index is 0.327. The van der Waals surface area contributed by atoms with Gasteiger partial charge in [0.25, 0.3) is 0 Å². The molecule has 0 spiro atoms. The molecule has 0 amide bonds. The van der Waals surface area contributed by atoms with Crippen LogP contribution in [0.1, 0.15) is 56.5 Å². The molecule has 0 aliphatic carbocycles. The van der Waals surface area contributed by atoms with Gasteiger partial charge in [0.05, 0.1) is 13.7 Å². The lowest BCUT2D eigenvalue weighted by Crippen LogP contribution is -2.10.